The second-order valence-corrected chi connectivity index (χ2v) is 4.88. The molecule has 0 saturated carbocycles. The van der Waals surface area contributed by atoms with Crippen LogP contribution in [0.2, 0.25) is 5.02 Å². The highest BCUT2D eigenvalue weighted by Gasteiger charge is 2.31. The number of anilines is 4. The Bertz CT molecular complexity index is 718. The van der Waals surface area contributed by atoms with Gasteiger partial charge in [0.05, 0.1) is 16.3 Å². The quantitative estimate of drug-likeness (QED) is 0.713. The highest BCUT2D eigenvalue weighted by Crippen LogP contribution is 2.35. The Labute approximate surface area is 135 Å². The topological polar surface area (TPSA) is 75.9 Å². The maximum absolute atomic E-state index is 12.8. The van der Waals surface area contributed by atoms with Crippen molar-refractivity contribution in [3.63, 3.8) is 0 Å². The van der Waals surface area contributed by atoms with E-state index in [0.29, 0.717) is 12.4 Å². The zero-order valence-electron chi connectivity index (χ0n) is 11.8. The van der Waals surface area contributed by atoms with E-state index < -0.39 is 11.7 Å². The summed E-state index contributed by atoms with van der Waals surface area (Å²) in [5.74, 6) is 0.485. The molecule has 0 aliphatic rings. The van der Waals surface area contributed by atoms with Crippen LogP contribution < -0.4 is 16.4 Å². The van der Waals surface area contributed by atoms with E-state index in [1.807, 2.05) is 0 Å². The summed E-state index contributed by atoms with van der Waals surface area (Å²) in [4.78, 5) is 7.87. The molecule has 0 atom stereocenters. The number of rotatable bonds is 5. The molecule has 4 N–H and O–H groups in total. The summed E-state index contributed by atoms with van der Waals surface area (Å²) >= 11 is 5.93. The highest BCUT2D eigenvalue weighted by molar-refractivity contribution is 6.33. The van der Waals surface area contributed by atoms with Crippen molar-refractivity contribution < 1.29 is 13.2 Å². The molecule has 0 fully saturated rings. The molecule has 2 aromatic rings. The SMILES string of the molecule is C=CCNc1ncnc(Nc2cc(C(F)(F)F)ccc2Cl)c1N. The number of alkyl halides is 3. The van der Waals surface area contributed by atoms with Gasteiger partial charge in [-0.15, -0.1) is 6.58 Å². The standard InChI is InChI=1S/C14H13ClF3N5/c1-2-5-20-12-11(19)13(22-7-21-12)23-10-6-8(14(16,17)18)3-4-9(10)15/h2-4,6-7H,1,5,19H2,(H2,20,21,22,23). The van der Waals surface area contributed by atoms with Gasteiger partial charge in [-0.05, 0) is 18.2 Å². The van der Waals surface area contributed by atoms with E-state index in [9.17, 15) is 13.2 Å². The van der Waals surface area contributed by atoms with Crippen molar-refractivity contribution in [3.05, 3.63) is 47.8 Å². The van der Waals surface area contributed by atoms with Crippen LogP contribution in [-0.2, 0) is 6.18 Å². The smallest absolute Gasteiger partial charge is 0.393 e. The predicted octanol–water partition coefficient (Wildman–Crippen LogP) is 4.07. The van der Waals surface area contributed by atoms with Gasteiger partial charge in [-0.3, -0.25) is 0 Å². The van der Waals surface area contributed by atoms with Crippen molar-refractivity contribution in [1.29, 1.82) is 0 Å². The Hall–Kier alpha value is -2.48. The number of nitrogens with zero attached hydrogens (tertiary/aromatic N) is 2. The number of benzene rings is 1. The third-order valence-electron chi connectivity index (χ3n) is 2.84. The maximum atomic E-state index is 12.8. The van der Waals surface area contributed by atoms with Gasteiger partial charge < -0.3 is 16.4 Å². The molecule has 0 aliphatic heterocycles. The van der Waals surface area contributed by atoms with Crippen molar-refractivity contribution in [1.82, 2.24) is 9.97 Å². The number of nitrogens with one attached hydrogen (secondary N) is 2. The molecular formula is C14H13ClF3N5. The fraction of sp³-hybridized carbons (Fsp3) is 0.143. The summed E-state index contributed by atoms with van der Waals surface area (Å²) in [6.07, 6.45) is -1.64. The number of aromatic nitrogens is 2. The first-order chi connectivity index (χ1) is 10.8. The molecule has 0 unspecified atom stereocenters. The average Bonchev–Trinajstić information content (AvgIpc) is 2.49. The molecule has 2 rings (SSSR count). The lowest BCUT2D eigenvalue weighted by Gasteiger charge is -2.14. The Kier molecular flexibility index (Phi) is 4.95. The summed E-state index contributed by atoms with van der Waals surface area (Å²) in [5.41, 5.74) is 5.26. The molecule has 0 bridgehead atoms. The van der Waals surface area contributed by atoms with Gasteiger partial charge in [-0.2, -0.15) is 13.2 Å². The third-order valence-corrected chi connectivity index (χ3v) is 3.17. The maximum Gasteiger partial charge on any atom is 0.416 e. The minimum Gasteiger partial charge on any atom is -0.393 e. The first kappa shape index (κ1) is 16.9. The van der Waals surface area contributed by atoms with Gasteiger partial charge in [0.15, 0.2) is 11.6 Å². The molecule has 0 radical (unpaired) electrons. The number of nitrogen functional groups attached to an aromatic ring is 1. The van der Waals surface area contributed by atoms with Crippen LogP contribution >= 0.6 is 11.6 Å². The summed E-state index contributed by atoms with van der Waals surface area (Å²) < 4.78 is 38.3. The van der Waals surface area contributed by atoms with Gasteiger partial charge in [0.25, 0.3) is 0 Å². The number of hydrogen-bond acceptors (Lipinski definition) is 5. The van der Waals surface area contributed by atoms with Crippen LogP contribution in [0, 0.1) is 0 Å². The molecule has 122 valence electrons. The van der Waals surface area contributed by atoms with Gasteiger partial charge in [-0.25, -0.2) is 9.97 Å². The first-order valence-electron chi connectivity index (χ1n) is 6.42. The van der Waals surface area contributed by atoms with Crippen LogP contribution in [0.15, 0.2) is 37.2 Å². The van der Waals surface area contributed by atoms with Gasteiger partial charge in [0.2, 0.25) is 0 Å². The van der Waals surface area contributed by atoms with E-state index in [1.54, 1.807) is 6.08 Å². The van der Waals surface area contributed by atoms with Gasteiger partial charge in [-0.1, -0.05) is 17.7 Å². The van der Waals surface area contributed by atoms with Crippen molar-refractivity contribution in [2.24, 2.45) is 0 Å². The Morgan fingerprint density at radius 2 is 1.96 bits per heavy atom. The zero-order valence-corrected chi connectivity index (χ0v) is 12.5. The van der Waals surface area contributed by atoms with Crippen LogP contribution in [0.5, 0.6) is 0 Å². The molecular weight excluding hydrogens is 331 g/mol. The molecule has 1 aromatic carbocycles. The van der Waals surface area contributed by atoms with E-state index in [1.165, 1.54) is 6.33 Å². The summed E-state index contributed by atoms with van der Waals surface area (Å²) in [7, 11) is 0. The van der Waals surface area contributed by atoms with Gasteiger partial charge in [0.1, 0.15) is 12.0 Å². The van der Waals surface area contributed by atoms with Crippen molar-refractivity contribution in [2.75, 3.05) is 22.9 Å². The van der Waals surface area contributed by atoms with E-state index in [-0.39, 0.29) is 22.2 Å². The zero-order chi connectivity index (χ0) is 17.0. The third kappa shape index (κ3) is 4.04. The van der Waals surface area contributed by atoms with Gasteiger partial charge in [0, 0.05) is 6.54 Å². The predicted molar refractivity (Wildman–Crippen MR) is 84.9 cm³/mol. The lowest BCUT2D eigenvalue weighted by molar-refractivity contribution is -0.137. The number of nitrogens with two attached hydrogens (primary N) is 1. The highest BCUT2D eigenvalue weighted by atomic mass is 35.5. The molecule has 1 heterocycles. The van der Waals surface area contributed by atoms with E-state index in [0.717, 1.165) is 18.2 Å². The number of hydrogen-bond donors (Lipinski definition) is 3. The monoisotopic (exact) mass is 343 g/mol. The first-order valence-corrected chi connectivity index (χ1v) is 6.79. The van der Waals surface area contributed by atoms with Crippen LogP contribution in [0.3, 0.4) is 0 Å². The summed E-state index contributed by atoms with van der Waals surface area (Å²) in [6.45, 7) is 3.98. The second-order valence-electron chi connectivity index (χ2n) is 4.47. The van der Waals surface area contributed by atoms with Crippen LogP contribution in [0.4, 0.5) is 36.2 Å². The van der Waals surface area contributed by atoms with Crippen molar-refractivity contribution >= 4 is 34.6 Å². The lowest BCUT2D eigenvalue weighted by Crippen LogP contribution is -2.09. The Morgan fingerprint density at radius 1 is 1.26 bits per heavy atom. The summed E-state index contributed by atoms with van der Waals surface area (Å²) in [6, 6.07) is 2.94. The molecule has 23 heavy (non-hydrogen) atoms. The van der Waals surface area contributed by atoms with E-state index in [2.05, 4.69) is 27.2 Å². The van der Waals surface area contributed by atoms with E-state index >= 15 is 0 Å². The molecule has 1 aromatic heterocycles. The van der Waals surface area contributed by atoms with Crippen LogP contribution in [0.1, 0.15) is 5.56 Å². The normalized spacial score (nSPS) is 11.1. The fourth-order valence-corrected chi connectivity index (χ4v) is 1.89. The lowest BCUT2D eigenvalue weighted by atomic mass is 10.2. The fourth-order valence-electron chi connectivity index (χ4n) is 1.73. The van der Waals surface area contributed by atoms with Crippen molar-refractivity contribution in [2.45, 2.75) is 6.18 Å². The van der Waals surface area contributed by atoms with E-state index in [4.69, 9.17) is 17.3 Å². The molecule has 0 saturated heterocycles. The minimum absolute atomic E-state index is 0.0431. The Balaban J connectivity index is 2.34. The van der Waals surface area contributed by atoms with Crippen molar-refractivity contribution in [3.8, 4) is 0 Å². The van der Waals surface area contributed by atoms with Gasteiger partial charge >= 0.3 is 6.18 Å². The van der Waals surface area contributed by atoms with Crippen LogP contribution in [0.25, 0.3) is 0 Å². The molecule has 0 spiro atoms. The summed E-state index contributed by atoms with van der Waals surface area (Å²) in [5, 5.41) is 5.70. The average molecular weight is 344 g/mol. The molecule has 5 nitrogen and oxygen atoms in total. The van der Waals surface area contributed by atoms with Crippen LogP contribution in [-0.4, -0.2) is 16.5 Å². The molecule has 0 amide bonds. The Morgan fingerprint density at radius 3 is 2.61 bits per heavy atom. The minimum atomic E-state index is -4.48. The molecule has 9 heteroatoms. The second kappa shape index (κ2) is 6.74. The largest absolute Gasteiger partial charge is 0.416 e. The molecule has 0 aliphatic carbocycles. The number of halogens is 4.